The molecule has 1 N–H and O–H groups in total. The van der Waals surface area contributed by atoms with Gasteiger partial charge < -0.3 is 19.3 Å². The number of carbonyl (C=O) groups excluding carboxylic acids is 1. The second-order valence-corrected chi connectivity index (χ2v) is 5.08. The molecule has 6 heteroatoms. The van der Waals surface area contributed by atoms with Gasteiger partial charge in [-0.1, -0.05) is 6.42 Å². The summed E-state index contributed by atoms with van der Waals surface area (Å²) in [6.07, 6.45) is 0.208. The summed E-state index contributed by atoms with van der Waals surface area (Å²) >= 11 is 0. The third-order valence-electron chi connectivity index (χ3n) is 3.68. The highest BCUT2D eigenvalue weighted by atomic mass is 19.1. The predicted octanol–water partition coefficient (Wildman–Crippen LogP) is 1.32. The molecular weight excluding hydrogens is 255 g/mol. The van der Waals surface area contributed by atoms with E-state index in [1.54, 1.807) is 6.92 Å². The fraction of sp³-hybridized carbons (Fsp3) is 0.923. The summed E-state index contributed by atoms with van der Waals surface area (Å²) < 4.78 is 29.6. The van der Waals surface area contributed by atoms with Gasteiger partial charge in [-0.2, -0.15) is 0 Å². The third kappa shape index (κ3) is 3.24. The highest BCUT2D eigenvalue weighted by molar-refractivity contribution is 5.75. The summed E-state index contributed by atoms with van der Waals surface area (Å²) in [7, 11) is 0. The standard InChI is InChI=1S/C13H21FO5/c1-2-17-12(16)10(14)11(15)9-8-18-13(19-9)6-4-3-5-7-13/h9-11,15H,2-8H2,1H3/t9-,10-,11-/m1/s1. The quantitative estimate of drug-likeness (QED) is 0.785. The van der Waals surface area contributed by atoms with E-state index in [1.807, 2.05) is 0 Å². The monoisotopic (exact) mass is 276 g/mol. The topological polar surface area (TPSA) is 65.0 Å². The van der Waals surface area contributed by atoms with Gasteiger partial charge in [0, 0.05) is 12.8 Å². The molecule has 2 aliphatic rings. The van der Waals surface area contributed by atoms with Gasteiger partial charge in [-0.25, -0.2) is 9.18 Å². The van der Waals surface area contributed by atoms with Crippen molar-refractivity contribution in [2.45, 2.75) is 63.2 Å². The first-order valence-electron chi connectivity index (χ1n) is 6.88. The summed E-state index contributed by atoms with van der Waals surface area (Å²) in [5.41, 5.74) is 0. The van der Waals surface area contributed by atoms with E-state index in [4.69, 9.17) is 9.47 Å². The molecule has 1 saturated heterocycles. The first-order valence-corrected chi connectivity index (χ1v) is 6.88. The Morgan fingerprint density at radius 2 is 2.16 bits per heavy atom. The molecule has 0 aromatic rings. The maximum Gasteiger partial charge on any atom is 0.343 e. The lowest BCUT2D eigenvalue weighted by Gasteiger charge is -2.32. The van der Waals surface area contributed by atoms with Crippen molar-refractivity contribution in [2.75, 3.05) is 13.2 Å². The molecule has 0 aromatic heterocycles. The Balaban J connectivity index is 1.90. The van der Waals surface area contributed by atoms with E-state index >= 15 is 0 Å². The Labute approximate surface area is 112 Å². The summed E-state index contributed by atoms with van der Waals surface area (Å²) in [4.78, 5) is 11.3. The average Bonchev–Trinajstić information content (AvgIpc) is 2.82. The van der Waals surface area contributed by atoms with Crippen LogP contribution in [0.4, 0.5) is 4.39 Å². The molecule has 0 bridgehead atoms. The number of alkyl halides is 1. The Hall–Kier alpha value is -0.720. The van der Waals surface area contributed by atoms with Crippen LogP contribution < -0.4 is 0 Å². The van der Waals surface area contributed by atoms with Crippen LogP contribution >= 0.6 is 0 Å². The van der Waals surface area contributed by atoms with Crippen LogP contribution in [0.2, 0.25) is 0 Å². The lowest BCUT2D eigenvalue weighted by molar-refractivity contribution is -0.200. The van der Waals surface area contributed by atoms with Crippen molar-refractivity contribution in [2.24, 2.45) is 0 Å². The van der Waals surface area contributed by atoms with Crippen LogP contribution in [0, 0.1) is 0 Å². The molecule has 2 rings (SSSR count). The number of aliphatic hydroxyl groups is 1. The smallest absolute Gasteiger partial charge is 0.343 e. The summed E-state index contributed by atoms with van der Waals surface area (Å²) in [6.45, 7) is 1.78. The van der Waals surface area contributed by atoms with E-state index in [-0.39, 0.29) is 13.2 Å². The van der Waals surface area contributed by atoms with Gasteiger partial charge >= 0.3 is 5.97 Å². The fourth-order valence-electron chi connectivity index (χ4n) is 2.65. The molecule has 1 aliphatic heterocycles. The van der Waals surface area contributed by atoms with E-state index in [2.05, 4.69) is 4.74 Å². The summed E-state index contributed by atoms with van der Waals surface area (Å²) in [5, 5.41) is 9.85. The van der Waals surface area contributed by atoms with Crippen LogP contribution in [0.1, 0.15) is 39.0 Å². The van der Waals surface area contributed by atoms with E-state index in [0.29, 0.717) is 0 Å². The number of halogens is 1. The van der Waals surface area contributed by atoms with E-state index in [1.165, 1.54) is 0 Å². The molecule has 1 aliphatic carbocycles. The zero-order valence-corrected chi connectivity index (χ0v) is 11.1. The molecular formula is C13H21FO5. The lowest BCUT2D eigenvalue weighted by atomic mass is 9.94. The van der Waals surface area contributed by atoms with Gasteiger partial charge in [0.25, 0.3) is 0 Å². The van der Waals surface area contributed by atoms with Gasteiger partial charge in [-0.3, -0.25) is 0 Å². The molecule has 0 aromatic carbocycles. The maximum absolute atomic E-state index is 13.7. The van der Waals surface area contributed by atoms with Crippen LogP contribution in [-0.2, 0) is 19.0 Å². The molecule has 1 heterocycles. The molecule has 5 nitrogen and oxygen atoms in total. The van der Waals surface area contributed by atoms with Crippen LogP contribution in [0.15, 0.2) is 0 Å². The van der Waals surface area contributed by atoms with Gasteiger partial charge in [0.05, 0.1) is 13.2 Å². The van der Waals surface area contributed by atoms with Gasteiger partial charge in [0.15, 0.2) is 5.79 Å². The van der Waals surface area contributed by atoms with Crippen LogP contribution in [-0.4, -0.2) is 48.5 Å². The molecule has 1 saturated carbocycles. The number of hydrogen-bond donors (Lipinski definition) is 1. The minimum Gasteiger partial charge on any atom is -0.464 e. The molecule has 1 spiro atoms. The fourth-order valence-corrected chi connectivity index (χ4v) is 2.65. The molecule has 0 radical (unpaired) electrons. The van der Waals surface area contributed by atoms with Crippen molar-refractivity contribution >= 4 is 5.97 Å². The van der Waals surface area contributed by atoms with Crippen LogP contribution in [0.5, 0.6) is 0 Å². The number of rotatable bonds is 4. The third-order valence-corrected chi connectivity index (χ3v) is 3.68. The Bertz CT molecular complexity index is 316. The Morgan fingerprint density at radius 3 is 2.79 bits per heavy atom. The number of hydrogen-bond acceptors (Lipinski definition) is 5. The van der Waals surface area contributed by atoms with Crippen molar-refractivity contribution < 1.29 is 28.5 Å². The SMILES string of the molecule is CCOC(=O)[C@H](F)[C@H](O)[C@H]1COC2(CCCCC2)O1. The van der Waals surface area contributed by atoms with Gasteiger partial charge in [0.1, 0.15) is 12.2 Å². The van der Waals surface area contributed by atoms with Gasteiger partial charge in [-0.05, 0) is 19.8 Å². The Kier molecular flexibility index (Phi) is 4.76. The second-order valence-electron chi connectivity index (χ2n) is 5.08. The molecule has 2 fully saturated rings. The average molecular weight is 276 g/mol. The first kappa shape index (κ1) is 14.7. The Morgan fingerprint density at radius 1 is 1.47 bits per heavy atom. The predicted molar refractivity (Wildman–Crippen MR) is 64.2 cm³/mol. The van der Waals surface area contributed by atoms with Crippen LogP contribution in [0.3, 0.4) is 0 Å². The number of aliphatic hydroxyl groups excluding tert-OH is 1. The normalized spacial score (nSPS) is 29.1. The minimum absolute atomic E-state index is 0.0813. The molecule has 0 unspecified atom stereocenters. The van der Waals surface area contributed by atoms with Crippen molar-refractivity contribution in [1.29, 1.82) is 0 Å². The highest BCUT2D eigenvalue weighted by Crippen LogP contribution is 2.38. The number of ether oxygens (including phenoxy) is 3. The minimum atomic E-state index is -2.09. The molecule has 0 amide bonds. The van der Waals surface area contributed by atoms with E-state index < -0.39 is 30.1 Å². The maximum atomic E-state index is 13.7. The molecule has 3 atom stereocenters. The van der Waals surface area contributed by atoms with Crippen molar-refractivity contribution in [1.82, 2.24) is 0 Å². The molecule has 19 heavy (non-hydrogen) atoms. The lowest BCUT2D eigenvalue weighted by Crippen LogP contribution is -2.43. The van der Waals surface area contributed by atoms with Crippen molar-refractivity contribution in [3.63, 3.8) is 0 Å². The zero-order valence-electron chi connectivity index (χ0n) is 11.1. The highest BCUT2D eigenvalue weighted by Gasteiger charge is 2.47. The van der Waals surface area contributed by atoms with Gasteiger partial charge in [-0.15, -0.1) is 0 Å². The number of carbonyl (C=O) groups is 1. The molecule has 110 valence electrons. The van der Waals surface area contributed by atoms with Crippen LogP contribution in [0.25, 0.3) is 0 Å². The van der Waals surface area contributed by atoms with Gasteiger partial charge in [0.2, 0.25) is 6.17 Å². The second kappa shape index (κ2) is 6.15. The largest absolute Gasteiger partial charge is 0.464 e. The van der Waals surface area contributed by atoms with Crippen molar-refractivity contribution in [3.8, 4) is 0 Å². The van der Waals surface area contributed by atoms with E-state index in [9.17, 15) is 14.3 Å². The van der Waals surface area contributed by atoms with Crippen molar-refractivity contribution in [3.05, 3.63) is 0 Å². The summed E-state index contributed by atoms with van der Waals surface area (Å²) in [6, 6.07) is 0. The zero-order chi connectivity index (χ0) is 13.9. The van der Waals surface area contributed by atoms with E-state index in [0.717, 1.165) is 32.1 Å². The number of esters is 1. The first-order chi connectivity index (χ1) is 9.08. The summed E-state index contributed by atoms with van der Waals surface area (Å²) in [5.74, 6) is -1.73.